The van der Waals surface area contributed by atoms with E-state index in [0.29, 0.717) is 41.8 Å². The number of halogens is 1. The Labute approximate surface area is 216 Å². The minimum absolute atomic E-state index is 0.0232. The van der Waals surface area contributed by atoms with Gasteiger partial charge in [0.15, 0.2) is 0 Å². The Balaban J connectivity index is 1.57. The summed E-state index contributed by atoms with van der Waals surface area (Å²) in [6.45, 7) is 6.02. The highest BCUT2D eigenvalue weighted by Gasteiger charge is 2.48. The Bertz CT molecular complexity index is 1200. The fourth-order valence-corrected chi connectivity index (χ4v) is 5.04. The van der Waals surface area contributed by atoms with Crippen LogP contribution in [0.1, 0.15) is 75.3 Å². The van der Waals surface area contributed by atoms with Gasteiger partial charge in [-0.05, 0) is 81.4 Å². The third-order valence-electron chi connectivity index (χ3n) is 7.09. The van der Waals surface area contributed by atoms with E-state index < -0.39 is 17.9 Å². The monoisotopic (exact) mass is 509 g/mol. The lowest BCUT2D eigenvalue weighted by Gasteiger charge is -2.27. The summed E-state index contributed by atoms with van der Waals surface area (Å²) in [7, 11) is 0. The van der Waals surface area contributed by atoms with E-state index in [1.54, 1.807) is 30.8 Å². The van der Waals surface area contributed by atoms with Gasteiger partial charge in [-0.3, -0.25) is 14.3 Å². The van der Waals surface area contributed by atoms with Crippen molar-refractivity contribution >= 4 is 28.9 Å². The number of carbonyl (C=O) groups excluding carboxylic acids is 2. The van der Waals surface area contributed by atoms with Gasteiger partial charge in [0.05, 0.1) is 0 Å². The van der Waals surface area contributed by atoms with Gasteiger partial charge in [-0.1, -0.05) is 13.8 Å². The number of pyridine rings is 1. The van der Waals surface area contributed by atoms with Crippen LogP contribution in [0.3, 0.4) is 0 Å². The topological polar surface area (TPSA) is 139 Å². The van der Waals surface area contributed by atoms with E-state index in [1.807, 2.05) is 6.92 Å². The highest BCUT2D eigenvalue weighted by Crippen LogP contribution is 2.51. The number of aromatic nitrogens is 3. The molecule has 0 aromatic carbocycles. The molecular weight excluding hydrogens is 473 g/mol. The maximum atomic E-state index is 15.0. The first-order valence-electron chi connectivity index (χ1n) is 13.1. The van der Waals surface area contributed by atoms with E-state index in [4.69, 9.17) is 11.1 Å². The van der Waals surface area contributed by atoms with Crippen LogP contribution >= 0.6 is 0 Å². The molecule has 2 amide bonds. The quantitative estimate of drug-likeness (QED) is 0.252. The molecule has 5 N–H and O–H groups in total. The van der Waals surface area contributed by atoms with Crippen LogP contribution in [0.5, 0.6) is 0 Å². The average molecular weight is 510 g/mol. The van der Waals surface area contributed by atoms with Gasteiger partial charge in [0.2, 0.25) is 11.9 Å². The molecule has 0 saturated heterocycles. The molecular formula is C27H36FN7O2. The van der Waals surface area contributed by atoms with Gasteiger partial charge in [-0.25, -0.2) is 4.98 Å². The summed E-state index contributed by atoms with van der Waals surface area (Å²) in [6, 6.07) is 3.86. The zero-order chi connectivity index (χ0) is 26.7. The number of aryl methyl sites for hydroxylation is 1. The van der Waals surface area contributed by atoms with Crippen LogP contribution in [-0.2, 0) is 11.3 Å². The number of allylic oxidation sites excluding steroid dienone is 2. The summed E-state index contributed by atoms with van der Waals surface area (Å²) in [6.07, 6.45) is 6.94. The first-order chi connectivity index (χ1) is 17.7. The molecule has 2 saturated carbocycles. The molecule has 0 unspecified atom stereocenters. The number of amides is 2. The lowest BCUT2D eigenvalue weighted by Crippen LogP contribution is -2.50. The molecule has 9 nitrogen and oxygen atoms in total. The number of nitrogens with two attached hydrogens (primary N) is 1. The molecule has 0 spiro atoms. The first-order valence-corrected chi connectivity index (χ1v) is 13.1. The normalized spacial score (nSPS) is 16.8. The maximum Gasteiger partial charge on any atom is 0.270 e. The van der Waals surface area contributed by atoms with Crippen LogP contribution in [-0.4, -0.2) is 38.3 Å². The first kappa shape index (κ1) is 26.5. The predicted molar refractivity (Wildman–Crippen MR) is 140 cm³/mol. The van der Waals surface area contributed by atoms with Crippen LogP contribution in [0.15, 0.2) is 30.1 Å². The summed E-state index contributed by atoms with van der Waals surface area (Å²) in [5.41, 5.74) is 7.29. The van der Waals surface area contributed by atoms with Gasteiger partial charge < -0.3 is 21.8 Å². The Morgan fingerprint density at radius 3 is 2.41 bits per heavy atom. The minimum atomic E-state index is -0.819. The predicted octanol–water partition coefficient (Wildman–Crippen LogP) is 4.12. The Morgan fingerprint density at radius 1 is 1.19 bits per heavy atom. The van der Waals surface area contributed by atoms with Crippen molar-refractivity contribution in [3.63, 3.8) is 0 Å². The van der Waals surface area contributed by atoms with Gasteiger partial charge in [0, 0.05) is 35.3 Å². The molecule has 0 bridgehead atoms. The second kappa shape index (κ2) is 11.2. The fraction of sp³-hybridized carbons (Fsp3) is 0.519. The standard InChI is InChI=1S/C27H36FN7O2/c1-4-14-35-20(12-13-31-35)26(36)34-24(23(16-6-7-16)17-8-9-17)27(37)33-21-11-10-18(25(28)32-21)22(15(3)29)19(30)5-2/h10-13,16-17,23-24,30H,4-9,14,29H2,1-3H3,(H,34,36)(H,32,33,37)/t24-/m0/s1. The number of rotatable bonds is 12. The third kappa shape index (κ3) is 6.06. The molecule has 2 aromatic rings. The molecule has 198 valence electrons. The van der Waals surface area contributed by atoms with Crippen LogP contribution in [0.25, 0.3) is 5.57 Å². The number of nitrogens with zero attached hydrogens (tertiary/aromatic N) is 3. The molecule has 10 heteroatoms. The smallest absolute Gasteiger partial charge is 0.270 e. The number of anilines is 1. The molecule has 0 radical (unpaired) electrons. The van der Waals surface area contributed by atoms with Crippen LogP contribution < -0.4 is 16.4 Å². The van der Waals surface area contributed by atoms with Gasteiger partial charge in [-0.2, -0.15) is 9.49 Å². The summed E-state index contributed by atoms with van der Waals surface area (Å²) in [4.78, 5) is 30.7. The van der Waals surface area contributed by atoms with Gasteiger partial charge in [-0.15, -0.1) is 0 Å². The maximum absolute atomic E-state index is 15.0. The third-order valence-corrected chi connectivity index (χ3v) is 7.09. The van der Waals surface area contributed by atoms with Crippen molar-refractivity contribution in [2.75, 3.05) is 5.32 Å². The van der Waals surface area contributed by atoms with Crippen LogP contribution in [0, 0.1) is 29.1 Å². The lowest BCUT2D eigenvalue weighted by atomic mass is 9.88. The van der Waals surface area contributed by atoms with E-state index in [2.05, 4.69) is 20.7 Å². The van der Waals surface area contributed by atoms with E-state index in [-0.39, 0.29) is 28.9 Å². The zero-order valence-corrected chi connectivity index (χ0v) is 21.7. The van der Waals surface area contributed by atoms with Crippen molar-refractivity contribution in [3.8, 4) is 0 Å². The molecule has 2 heterocycles. The Morgan fingerprint density at radius 2 is 1.86 bits per heavy atom. The fourth-order valence-electron chi connectivity index (χ4n) is 5.04. The molecule has 0 aliphatic heterocycles. The van der Waals surface area contributed by atoms with E-state index in [1.165, 1.54) is 12.1 Å². The van der Waals surface area contributed by atoms with Crippen molar-refractivity contribution in [1.29, 1.82) is 5.41 Å². The summed E-state index contributed by atoms with van der Waals surface area (Å²) >= 11 is 0. The van der Waals surface area contributed by atoms with Crippen molar-refractivity contribution in [2.24, 2.45) is 23.5 Å². The van der Waals surface area contributed by atoms with Gasteiger partial charge >= 0.3 is 0 Å². The average Bonchev–Trinajstić information content (AvgIpc) is 3.80. The van der Waals surface area contributed by atoms with E-state index >= 15 is 4.39 Å². The van der Waals surface area contributed by atoms with Crippen molar-refractivity contribution in [1.82, 2.24) is 20.1 Å². The Kier molecular flexibility index (Phi) is 8.04. The van der Waals surface area contributed by atoms with E-state index in [9.17, 15) is 9.59 Å². The van der Waals surface area contributed by atoms with E-state index in [0.717, 1.165) is 32.1 Å². The summed E-state index contributed by atoms with van der Waals surface area (Å²) in [5.74, 6) is -0.740. The van der Waals surface area contributed by atoms with Gasteiger partial charge in [0.1, 0.15) is 17.6 Å². The molecule has 2 aliphatic rings. The molecule has 2 aliphatic carbocycles. The highest BCUT2D eigenvalue weighted by molar-refractivity contribution is 6.22. The van der Waals surface area contributed by atoms with Crippen molar-refractivity contribution in [2.45, 2.75) is 71.9 Å². The van der Waals surface area contributed by atoms with Crippen molar-refractivity contribution < 1.29 is 14.0 Å². The Hall–Kier alpha value is -3.56. The second-order valence-electron chi connectivity index (χ2n) is 10.1. The molecule has 2 aromatic heterocycles. The molecule has 1 atom stereocenters. The number of hydrogen-bond acceptors (Lipinski definition) is 6. The summed E-state index contributed by atoms with van der Waals surface area (Å²) in [5, 5.41) is 18.1. The van der Waals surface area contributed by atoms with Gasteiger partial charge in [0.25, 0.3) is 5.91 Å². The van der Waals surface area contributed by atoms with Crippen LogP contribution in [0.2, 0.25) is 0 Å². The lowest BCUT2D eigenvalue weighted by molar-refractivity contribution is -0.119. The minimum Gasteiger partial charge on any atom is -0.402 e. The number of hydrogen-bond donors (Lipinski definition) is 4. The van der Waals surface area contributed by atoms with Crippen LogP contribution in [0.4, 0.5) is 10.2 Å². The molecule has 2 fully saturated rings. The summed E-state index contributed by atoms with van der Waals surface area (Å²) < 4.78 is 16.7. The second-order valence-corrected chi connectivity index (χ2v) is 10.1. The van der Waals surface area contributed by atoms with Crippen molar-refractivity contribution in [3.05, 3.63) is 47.3 Å². The number of nitrogens with one attached hydrogen (secondary N) is 3. The highest BCUT2D eigenvalue weighted by atomic mass is 19.1. The molecule has 4 rings (SSSR count). The zero-order valence-electron chi connectivity index (χ0n) is 21.7. The largest absolute Gasteiger partial charge is 0.402 e. The molecule has 37 heavy (non-hydrogen) atoms. The number of carbonyl (C=O) groups is 2. The SMILES string of the molecule is CCCn1nccc1C(=O)N[C@H](C(=O)Nc1ccc(C(C(=N)CC)=C(C)N)c(F)n1)C(C1CC1)C1CC1.